The van der Waals surface area contributed by atoms with Crippen LogP contribution < -0.4 is 5.32 Å². The molecule has 0 aliphatic rings. The van der Waals surface area contributed by atoms with Gasteiger partial charge in [0.15, 0.2) is 9.84 Å². The molecule has 0 unspecified atom stereocenters. The molecule has 112 valence electrons. The topological polar surface area (TPSA) is 81.1 Å². The second-order valence-electron chi connectivity index (χ2n) is 4.57. The number of amides is 1. The minimum absolute atomic E-state index is 0.395. The van der Waals surface area contributed by atoms with Crippen LogP contribution in [0.4, 0.5) is 5.69 Å². The largest absolute Gasteiger partial charge is 0.323 e. The van der Waals surface area contributed by atoms with Gasteiger partial charge >= 0.3 is 0 Å². The smallest absolute Gasteiger partial charge is 0.242 e. The number of aromatic nitrogens is 2. The third-order valence-corrected chi connectivity index (χ3v) is 4.71. The maximum atomic E-state index is 12.0. The average Bonchev–Trinajstić information content (AvgIpc) is 2.90. The van der Waals surface area contributed by atoms with E-state index >= 15 is 0 Å². The molecular formula is C13H14ClN3O3S. The van der Waals surface area contributed by atoms with E-state index in [0.29, 0.717) is 16.4 Å². The first kappa shape index (κ1) is 15.5. The van der Waals surface area contributed by atoms with Crippen molar-refractivity contribution in [3.63, 3.8) is 0 Å². The van der Waals surface area contributed by atoms with Gasteiger partial charge in [-0.1, -0.05) is 11.6 Å². The molecule has 0 spiro atoms. The normalized spacial score (nSPS) is 12.9. The summed E-state index contributed by atoms with van der Waals surface area (Å²) in [7, 11) is -3.47. The zero-order valence-electron chi connectivity index (χ0n) is 11.4. The van der Waals surface area contributed by atoms with Crippen LogP contribution >= 0.6 is 11.6 Å². The van der Waals surface area contributed by atoms with E-state index in [1.165, 1.54) is 6.92 Å². The van der Waals surface area contributed by atoms with Crippen LogP contribution in [0.25, 0.3) is 5.69 Å². The molecule has 1 atom stereocenters. The third-order valence-electron chi connectivity index (χ3n) is 2.98. The quantitative estimate of drug-likeness (QED) is 0.930. The van der Waals surface area contributed by atoms with Gasteiger partial charge in [-0.3, -0.25) is 4.79 Å². The van der Waals surface area contributed by atoms with Crippen LogP contribution in [0.5, 0.6) is 0 Å². The summed E-state index contributed by atoms with van der Waals surface area (Å²) in [4.78, 5) is 12.0. The minimum atomic E-state index is -3.47. The number of nitrogens with zero attached hydrogens (tertiary/aromatic N) is 2. The van der Waals surface area contributed by atoms with Crippen LogP contribution in [-0.2, 0) is 14.6 Å². The standard InChI is InChI=1S/C13H14ClN3O3S/c1-9(21(2,19)20)13(18)16-11-8-10(14)4-5-12(11)17-7-3-6-15-17/h3-9H,1-2H3,(H,16,18)/t9-/m1/s1. The average molecular weight is 328 g/mol. The molecule has 1 heterocycles. The lowest BCUT2D eigenvalue weighted by atomic mass is 10.2. The molecule has 0 saturated heterocycles. The van der Waals surface area contributed by atoms with Crippen molar-refractivity contribution in [2.24, 2.45) is 0 Å². The lowest BCUT2D eigenvalue weighted by molar-refractivity contribution is -0.115. The lowest BCUT2D eigenvalue weighted by Crippen LogP contribution is -2.32. The number of rotatable bonds is 4. The summed E-state index contributed by atoms with van der Waals surface area (Å²) < 4.78 is 24.4. The molecule has 0 aliphatic carbocycles. The first-order valence-electron chi connectivity index (χ1n) is 6.08. The van der Waals surface area contributed by atoms with Crippen LogP contribution in [0, 0.1) is 0 Å². The summed E-state index contributed by atoms with van der Waals surface area (Å²) in [5.74, 6) is -0.617. The Hall–Kier alpha value is -1.86. The maximum absolute atomic E-state index is 12.0. The van der Waals surface area contributed by atoms with Crippen LogP contribution in [0.1, 0.15) is 6.92 Å². The first-order chi connectivity index (χ1) is 9.79. The van der Waals surface area contributed by atoms with Gasteiger partial charge in [-0.05, 0) is 31.2 Å². The number of hydrogen-bond donors (Lipinski definition) is 1. The SMILES string of the molecule is C[C@H](C(=O)Nc1cc(Cl)ccc1-n1cccn1)S(C)(=O)=O. The zero-order chi connectivity index (χ0) is 15.6. The van der Waals surface area contributed by atoms with Crippen LogP contribution in [0.2, 0.25) is 5.02 Å². The number of nitrogens with one attached hydrogen (secondary N) is 1. The molecule has 1 N–H and O–H groups in total. The van der Waals surface area contributed by atoms with Gasteiger partial charge < -0.3 is 5.32 Å². The van der Waals surface area contributed by atoms with Gasteiger partial charge in [0.1, 0.15) is 5.25 Å². The Morgan fingerprint density at radius 2 is 2.14 bits per heavy atom. The van der Waals surface area contributed by atoms with E-state index in [4.69, 9.17) is 11.6 Å². The zero-order valence-corrected chi connectivity index (χ0v) is 13.0. The highest BCUT2D eigenvalue weighted by molar-refractivity contribution is 7.92. The highest BCUT2D eigenvalue weighted by Crippen LogP contribution is 2.24. The number of anilines is 1. The van der Waals surface area contributed by atoms with E-state index < -0.39 is 21.0 Å². The van der Waals surface area contributed by atoms with Crippen LogP contribution in [0.3, 0.4) is 0 Å². The summed E-state index contributed by atoms with van der Waals surface area (Å²) >= 11 is 5.93. The Morgan fingerprint density at radius 3 is 2.71 bits per heavy atom. The van der Waals surface area contributed by atoms with E-state index in [0.717, 1.165) is 6.26 Å². The molecule has 6 nitrogen and oxygen atoms in total. The van der Waals surface area contributed by atoms with E-state index in [2.05, 4.69) is 10.4 Å². The molecule has 1 aromatic carbocycles. The van der Waals surface area contributed by atoms with E-state index in [1.807, 2.05) is 0 Å². The number of carbonyl (C=O) groups is 1. The lowest BCUT2D eigenvalue weighted by Gasteiger charge is -2.14. The molecule has 0 aliphatic heterocycles. The Morgan fingerprint density at radius 1 is 1.43 bits per heavy atom. The number of hydrogen-bond acceptors (Lipinski definition) is 4. The molecule has 1 aromatic heterocycles. The fourth-order valence-corrected chi connectivity index (χ4v) is 2.27. The number of halogens is 1. The highest BCUT2D eigenvalue weighted by atomic mass is 35.5. The molecule has 8 heteroatoms. The summed E-state index contributed by atoms with van der Waals surface area (Å²) in [6, 6.07) is 6.63. The molecule has 0 bridgehead atoms. The molecule has 1 amide bonds. The van der Waals surface area contributed by atoms with Crippen molar-refractivity contribution in [1.82, 2.24) is 9.78 Å². The summed E-state index contributed by atoms with van der Waals surface area (Å²) in [6.45, 7) is 1.34. The predicted molar refractivity (Wildman–Crippen MR) is 81.5 cm³/mol. The van der Waals surface area contributed by atoms with Gasteiger partial charge in [-0.2, -0.15) is 5.10 Å². The van der Waals surface area contributed by atoms with Gasteiger partial charge in [-0.15, -0.1) is 0 Å². The minimum Gasteiger partial charge on any atom is -0.323 e. The summed E-state index contributed by atoms with van der Waals surface area (Å²) in [5, 5.41) is 5.94. The van der Waals surface area contributed by atoms with Crippen molar-refractivity contribution < 1.29 is 13.2 Å². The molecule has 0 fully saturated rings. The Bertz CT molecular complexity index is 757. The summed E-state index contributed by atoms with van der Waals surface area (Å²) in [5.41, 5.74) is 0.991. The fraction of sp³-hybridized carbons (Fsp3) is 0.231. The van der Waals surface area contributed by atoms with Crippen molar-refractivity contribution in [2.45, 2.75) is 12.2 Å². The van der Waals surface area contributed by atoms with E-state index in [1.54, 1.807) is 41.3 Å². The highest BCUT2D eigenvalue weighted by Gasteiger charge is 2.24. The Labute approximate surface area is 127 Å². The van der Waals surface area contributed by atoms with Crippen molar-refractivity contribution >= 4 is 33.0 Å². The van der Waals surface area contributed by atoms with Gasteiger partial charge in [-0.25, -0.2) is 13.1 Å². The fourth-order valence-electron chi connectivity index (χ4n) is 1.65. The molecule has 0 saturated carbocycles. The van der Waals surface area contributed by atoms with Crippen molar-refractivity contribution in [3.8, 4) is 5.69 Å². The van der Waals surface area contributed by atoms with Crippen molar-refractivity contribution in [2.75, 3.05) is 11.6 Å². The second kappa shape index (κ2) is 5.87. The molecule has 0 radical (unpaired) electrons. The second-order valence-corrected chi connectivity index (χ2v) is 7.38. The first-order valence-corrected chi connectivity index (χ1v) is 8.41. The summed E-state index contributed by atoms with van der Waals surface area (Å²) in [6.07, 6.45) is 4.32. The van der Waals surface area contributed by atoms with E-state index in [9.17, 15) is 13.2 Å². The monoisotopic (exact) mass is 327 g/mol. The number of carbonyl (C=O) groups excluding carboxylic acids is 1. The molecule has 21 heavy (non-hydrogen) atoms. The Kier molecular flexibility index (Phi) is 4.34. The third kappa shape index (κ3) is 3.62. The molecule has 2 rings (SSSR count). The van der Waals surface area contributed by atoms with Gasteiger partial charge in [0.25, 0.3) is 0 Å². The number of benzene rings is 1. The van der Waals surface area contributed by atoms with Gasteiger partial charge in [0, 0.05) is 23.7 Å². The van der Waals surface area contributed by atoms with Crippen LogP contribution in [0.15, 0.2) is 36.7 Å². The van der Waals surface area contributed by atoms with Gasteiger partial charge in [0.05, 0.1) is 11.4 Å². The van der Waals surface area contributed by atoms with E-state index in [-0.39, 0.29) is 0 Å². The number of sulfone groups is 1. The predicted octanol–water partition coefficient (Wildman–Crippen LogP) is 1.90. The molecular weight excluding hydrogens is 314 g/mol. The Balaban J connectivity index is 2.36. The maximum Gasteiger partial charge on any atom is 0.242 e. The van der Waals surface area contributed by atoms with Crippen molar-refractivity contribution in [3.05, 3.63) is 41.7 Å². The van der Waals surface area contributed by atoms with Crippen molar-refractivity contribution in [1.29, 1.82) is 0 Å². The van der Waals surface area contributed by atoms with Gasteiger partial charge in [0.2, 0.25) is 5.91 Å². The molecule has 2 aromatic rings. The van der Waals surface area contributed by atoms with Crippen LogP contribution in [-0.4, -0.2) is 35.6 Å².